The van der Waals surface area contributed by atoms with Gasteiger partial charge in [0.2, 0.25) is 0 Å². The van der Waals surface area contributed by atoms with Gasteiger partial charge in [0.15, 0.2) is 0 Å². The zero-order valence-corrected chi connectivity index (χ0v) is 17.6. The molecule has 2 aromatic rings. The number of fused-ring (bicyclic) bond motifs is 1. The largest absolute Gasteiger partial charge is 0.444 e. The summed E-state index contributed by atoms with van der Waals surface area (Å²) < 4.78 is 20.0. The number of hydroxylamine groups is 1. The molecule has 2 amide bonds. The van der Waals surface area contributed by atoms with Crippen molar-refractivity contribution in [2.24, 2.45) is 5.92 Å². The maximum Gasteiger partial charge on any atom is 0.407 e. The number of rotatable bonds is 4. The monoisotopic (exact) mass is 418 g/mol. The summed E-state index contributed by atoms with van der Waals surface area (Å²) in [6.07, 6.45) is 1.86. The van der Waals surface area contributed by atoms with Crippen LogP contribution in [0.25, 0.3) is 11.0 Å². The third kappa shape index (κ3) is 5.02. The van der Waals surface area contributed by atoms with E-state index in [2.05, 4.69) is 15.3 Å². The third-order valence-electron chi connectivity index (χ3n) is 4.90. The van der Waals surface area contributed by atoms with Crippen LogP contribution in [-0.2, 0) is 14.4 Å². The van der Waals surface area contributed by atoms with Gasteiger partial charge in [-0.05, 0) is 58.2 Å². The lowest BCUT2D eigenvalue weighted by Crippen LogP contribution is -2.49. The van der Waals surface area contributed by atoms with E-state index in [1.165, 1.54) is 7.11 Å². The zero-order chi connectivity index (χ0) is 21.9. The molecular weight excluding hydrogens is 391 g/mol. The predicted octanol–water partition coefficient (Wildman–Crippen LogP) is 3.56. The highest BCUT2D eigenvalue weighted by Crippen LogP contribution is 2.32. The van der Waals surface area contributed by atoms with Crippen molar-refractivity contribution in [1.29, 1.82) is 0 Å². The molecule has 3 atom stereocenters. The lowest BCUT2D eigenvalue weighted by molar-refractivity contribution is -0.130. The van der Waals surface area contributed by atoms with Crippen LogP contribution in [0.1, 0.15) is 40.0 Å². The van der Waals surface area contributed by atoms with Gasteiger partial charge in [-0.15, -0.1) is 0 Å². The topological polar surface area (TPSA) is 93.7 Å². The standard InChI is InChI=1S/C21H27FN4O4/c1-21(2,3)30-20(28)25-15-8-7-13(12-14(15)22)19(27)26(29-4)17-9-11-23-16-6-5-10-24-18(16)17/h5-6,9-11,13-15H,7-8,12H2,1-4H3,(H,25,28)/t13-,14-,15-/m1/s1. The van der Waals surface area contributed by atoms with E-state index in [0.29, 0.717) is 29.6 Å². The normalized spacial score (nSPS) is 21.8. The van der Waals surface area contributed by atoms with Crippen LogP contribution in [0.5, 0.6) is 0 Å². The Balaban J connectivity index is 1.69. The van der Waals surface area contributed by atoms with E-state index in [4.69, 9.17) is 9.57 Å². The Hall–Kier alpha value is -2.81. The summed E-state index contributed by atoms with van der Waals surface area (Å²) in [5, 5.41) is 3.72. The highest BCUT2D eigenvalue weighted by atomic mass is 19.1. The van der Waals surface area contributed by atoms with Crippen molar-refractivity contribution in [2.75, 3.05) is 12.2 Å². The molecule has 0 radical (unpaired) electrons. The SMILES string of the molecule is CON(C(=O)[C@@H]1CC[C@@H](NC(=O)OC(C)(C)C)[C@H](F)C1)c1ccnc2cccnc12. The van der Waals surface area contributed by atoms with Crippen molar-refractivity contribution >= 4 is 28.7 Å². The van der Waals surface area contributed by atoms with Gasteiger partial charge in [-0.3, -0.25) is 19.6 Å². The number of hydrogen-bond acceptors (Lipinski definition) is 6. The Kier molecular flexibility index (Phi) is 6.50. The number of amides is 2. The molecule has 9 heteroatoms. The minimum atomic E-state index is -1.37. The van der Waals surface area contributed by atoms with Crippen LogP contribution in [-0.4, -0.2) is 46.9 Å². The molecule has 0 spiro atoms. The van der Waals surface area contributed by atoms with E-state index in [0.717, 1.165) is 5.06 Å². The van der Waals surface area contributed by atoms with E-state index < -0.39 is 29.8 Å². The van der Waals surface area contributed by atoms with E-state index in [-0.39, 0.29) is 12.3 Å². The second-order valence-corrected chi connectivity index (χ2v) is 8.30. The number of anilines is 1. The predicted molar refractivity (Wildman–Crippen MR) is 109 cm³/mol. The Morgan fingerprint density at radius 1 is 1.20 bits per heavy atom. The summed E-state index contributed by atoms with van der Waals surface area (Å²) in [6.45, 7) is 5.23. The van der Waals surface area contributed by atoms with Gasteiger partial charge in [-0.1, -0.05) is 0 Å². The Labute approximate surface area is 174 Å². The van der Waals surface area contributed by atoms with Crippen LogP contribution in [0, 0.1) is 5.92 Å². The molecule has 1 fully saturated rings. The third-order valence-corrected chi connectivity index (χ3v) is 4.90. The van der Waals surface area contributed by atoms with Gasteiger partial charge in [0.1, 0.15) is 23.0 Å². The highest BCUT2D eigenvalue weighted by molar-refractivity contribution is 6.00. The first-order valence-corrected chi connectivity index (χ1v) is 9.91. The number of nitrogens with one attached hydrogen (secondary N) is 1. The summed E-state index contributed by atoms with van der Waals surface area (Å²) in [5.41, 5.74) is 0.937. The number of carbonyl (C=O) groups is 2. The van der Waals surface area contributed by atoms with Crippen molar-refractivity contribution in [3.63, 3.8) is 0 Å². The lowest BCUT2D eigenvalue weighted by atomic mass is 9.84. The Bertz CT molecular complexity index is 912. The summed E-state index contributed by atoms with van der Waals surface area (Å²) in [7, 11) is 1.38. The molecule has 1 saturated carbocycles. The van der Waals surface area contributed by atoms with Crippen LogP contribution >= 0.6 is 0 Å². The quantitative estimate of drug-likeness (QED) is 0.763. The fraction of sp³-hybridized carbons (Fsp3) is 0.524. The first-order valence-electron chi connectivity index (χ1n) is 9.91. The van der Waals surface area contributed by atoms with E-state index in [9.17, 15) is 14.0 Å². The molecular formula is C21H27FN4O4. The molecule has 0 aliphatic heterocycles. The van der Waals surface area contributed by atoms with Gasteiger partial charge in [-0.2, -0.15) is 5.06 Å². The average Bonchev–Trinajstić information content (AvgIpc) is 2.68. The Morgan fingerprint density at radius 3 is 2.63 bits per heavy atom. The van der Waals surface area contributed by atoms with Crippen molar-refractivity contribution < 1.29 is 23.6 Å². The number of carbonyl (C=O) groups excluding carboxylic acids is 2. The molecule has 1 aliphatic rings. The summed E-state index contributed by atoms with van der Waals surface area (Å²) in [5.74, 6) is -0.933. The fourth-order valence-electron chi connectivity index (χ4n) is 3.56. The lowest BCUT2D eigenvalue weighted by Gasteiger charge is -2.34. The van der Waals surface area contributed by atoms with Crippen molar-refractivity contribution in [3.8, 4) is 0 Å². The molecule has 0 unspecified atom stereocenters. The molecule has 3 rings (SSSR count). The Morgan fingerprint density at radius 2 is 1.97 bits per heavy atom. The highest BCUT2D eigenvalue weighted by Gasteiger charge is 2.38. The van der Waals surface area contributed by atoms with Gasteiger partial charge < -0.3 is 10.1 Å². The van der Waals surface area contributed by atoms with Crippen LogP contribution in [0.3, 0.4) is 0 Å². The fourth-order valence-corrected chi connectivity index (χ4v) is 3.56. The number of alkyl carbamates (subject to hydrolysis) is 1. The summed E-state index contributed by atoms with van der Waals surface area (Å²) in [4.78, 5) is 38.9. The first-order chi connectivity index (χ1) is 14.2. The van der Waals surface area contributed by atoms with Crippen molar-refractivity contribution in [2.45, 2.75) is 57.8 Å². The molecule has 2 aromatic heterocycles. The summed E-state index contributed by atoms with van der Waals surface area (Å²) in [6, 6.07) is 4.49. The van der Waals surface area contributed by atoms with Crippen LogP contribution in [0.4, 0.5) is 14.9 Å². The molecule has 162 valence electrons. The number of pyridine rings is 2. The zero-order valence-electron chi connectivity index (χ0n) is 17.6. The molecule has 1 N–H and O–H groups in total. The molecule has 0 aromatic carbocycles. The molecule has 8 nitrogen and oxygen atoms in total. The minimum absolute atomic E-state index is 0.0183. The van der Waals surface area contributed by atoms with Gasteiger partial charge in [0.05, 0.1) is 18.7 Å². The average molecular weight is 418 g/mol. The maximum atomic E-state index is 14.8. The van der Waals surface area contributed by atoms with Gasteiger partial charge in [0.25, 0.3) is 5.91 Å². The van der Waals surface area contributed by atoms with Crippen LogP contribution in [0.2, 0.25) is 0 Å². The number of nitrogens with zero attached hydrogens (tertiary/aromatic N) is 3. The number of aromatic nitrogens is 2. The second kappa shape index (κ2) is 8.91. The minimum Gasteiger partial charge on any atom is -0.444 e. The van der Waals surface area contributed by atoms with E-state index in [1.807, 2.05) is 0 Å². The number of ether oxygens (including phenoxy) is 1. The number of hydrogen-bond donors (Lipinski definition) is 1. The second-order valence-electron chi connectivity index (χ2n) is 8.30. The van der Waals surface area contributed by atoms with Crippen LogP contribution in [0.15, 0.2) is 30.6 Å². The van der Waals surface area contributed by atoms with E-state index in [1.54, 1.807) is 51.4 Å². The number of alkyl halides is 1. The summed E-state index contributed by atoms with van der Waals surface area (Å²) >= 11 is 0. The van der Waals surface area contributed by atoms with Crippen LogP contribution < -0.4 is 10.4 Å². The maximum absolute atomic E-state index is 14.8. The van der Waals surface area contributed by atoms with Crippen molar-refractivity contribution in [1.82, 2.24) is 15.3 Å². The van der Waals surface area contributed by atoms with Gasteiger partial charge in [0, 0.05) is 18.3 Å². The molecule has 2 heterocycles. The molecule has 0 bridgehead atoms. The molecule has 30 heavy (non-hydrogen) atoms. The van der Waals surface area contributed by atoms with Gasteiger partial charge >= 0.3 is 6.09 Å². The van der Waals surface area contributed by atoms with E-state index >= 15 is 0 Å². The van der Waals surface area contributed by atoms with Crippen molar-refractivity contribution in [3.05, 3.63) is 30.6 Å². The molecule has 0 saturated heterocycles. The molecule has 1 aliphatic carbocycles. The number of halogens is 1. The first kappa shape index (κ1) is 21.9. The van der Waals surface area contributed by atoms with Gasteiger partial charge in [-0.25, -0.2) is 9.18 Å². The smallest absolute Gasteiger partial charge is 0.407 e.